The molecule has 3 heteroatoms. The first kappa shape index (κ1) is 14.6. The minimum atomic E-state index is -0.0435. The summed E-state index contributed by atoms with van der Waals surface area (Å²) in [7, 11) is 0. The summed E-state index contributed by atoms with van der Waals surface area (Å²) in [6, 6.07) is 7.66. The van der Waals surface area contributed by atoms with E-state index in [1.807, 2.05) is 18.2 Å². The Balaban J connectivity index is 2.08. The minimum Gasteiger partial charge on any atom is -0.395 e. The van der Waals surface area contributed by atoms with Gasteiger partial charge < -0.3 is 10.4 Å². The Bertz CT molecular complexity index is 527. The van der Waals surface area contributed by atoms with Crippen LogP contribution in [0.4, 0.5) is 0 Å². The van der Waals surface area contributed by atoms with Gasteiger partial charge in [-0.05, 0) is 37.3 Å². The Morgan fingerprint density at radius 1 is 1.40 bits per heavy atom. The molecule has 1 aromatic rings. The van der Waals surface area contributed by atoms with Crippen LogP contribution in [0.5, 0.6) is 0 Å². The smallest absolute Gasteiger partial charge is 0.252 e. The number of carbonyl (C=O) groups is 1. The van der Waals surface area contributed by atoms with E-state index in [2.05, 4.69) is 24.1 Å². The van der Waals surface area contributed by atoms with E-state index in [1.165, 1.54) is 6.42 Å². The van der Waals surface area contributed by atoms with Crippen molar-refractivity contribution < 1.29 is 9.90 Å². The normalized spacial score (nSPS) is 21.1. The van der Waals surface area contributed by atoms with Crippen LogP contribution in [0.25, 0.3) is 0 Å². The molecule has 1 aliphatic rings. The van der Waals surface area contributed by atoms with Gasteiger partial charge in [0.2, 0.25) is 0 Å². The molecule has 0 bridgehead atoms. The lowest BCUT2D eigenvalue weighted by molar-refractivity contribution is 0.0937. The quantitative estimate of drug-likeness (QED) is 0.829. The van der Waals surface area contributed by atoms with Gasteiger partial charge in [0.15, 0.2) is 0 Å². The van der Waals surface area contributed by atoms with E-state index in [9.17, 15) is 4.79 Å². The van der Waals surface area contributed by atoms with Gasteiger partial charge in [-0.15, -0.1) is 0 Å². The largest absolute Gasteiger partial charge is 0.395 e. The molecule has 0 aliphatic heterocycles. The second-order valence-corrected chi connectivity index (χ2v) is 5.41. The molecule has 2 atom stereocenters. The summed E-state index contributed by atoms with van der Waals surface area (Å²) in [6.45, 7) is 2.27. The molecular weight excluding hydrogens is 250 g/mol. The van der Waals surface area contributed by atoms with Crippen molar-refractivity contribution >= 4 is 5.91 Å². The topological polar surface area (TPSA) is 49.3 Å². The van der Waals surface area contributed by atoms with Crippen LogP contribution in [0.1, 0.15) is 48.5 Å². The van der Waals surface area contributed by atoms with Gasteiger partial charge in [-0.2, -0.15) is 0 Å². The van der Waals surface area contributed by atoms with Crippen molar-refractivity contribution in [1.82, 2.24) is 5.32 Å². The molecule has 106 valence electrons. The van der Waals surface area contributed by atoms with Crippen LogP contribution in [0, 0.1) is 17.8 Å². The molecule has 3 nitrogen and oxygen atoms in total. The lowest BCUT2D eigenvalue weighted by Gasteiger charge is -2.13. The molecule has 0 aromatic heterocycles. The average molecular weight is 271 g/mol. The third kappa shape index (κ3) is 3.85. The Hall–Kier alpha value is -1.79. The molecule has 0 heterocycles. The average Bonchev–Trinajstić information content (AvgIpc) is 2.85. The van der Waals surface area contributed by atoms with E-state index in [-0.39, 0.29) is 18.6 Å². The van der Waals surface area contributed by atoms with Crippen LogP contribution in [-0.2, 0) is 0 Å². The fraction of sp³-hybridized carbons (Fsp3) is 0.471. The highest BCUT2D eigenvalue weighted by Crippen LogP contribution is 2.25. The standard InChI is InChI=1S/C17H21NO2/c1-13-9-10-15(12-13)18-17(20)16-8-3-2-6-14(16)7-4-5-11-19/h2-3,6,8,13,15,19H,5,9-12H2,1H3,(H,18,20). The lowest BCUT2D eigenvalue weighted by atomic mass is 10.1. The Kier molecular flexibility index (Phi) is 5.20. The Labute approximate surface area is 120 Å². The predicted octanol–water partition coefficient (Wildman–Crippen LogP) is 2.34. The predicted molar refractivity (Wildman–Crippen MR) is 79.3 cm³/mol. The number of nitrogens with one attached hydrogen (secondary N) is 1. The van der Waals surface area contributed by atoms with Gasteiger partial charge >= 0.3 is 0 Å². The summed E-state index contributed by atoms with van der Waals surface area (Å²) in [4.78, 5) is 12.3. The van der Waals surface area contributed by atoms with Crippen molar-refractivity contribution in [2.45, 2.75) is 38.6 Å². The lowest BCUT2D eigenvalue weighted by Crippen LogP contribution is -2.33. The molecule has 0 saturated heterocycles. The summed E-state index contributed by atoms with van der Waals surface area (Å²) in [5.74, 6) is 6.48. The second-order valence-electron chi connectivity index (χ2n) is 5.41. The number of hydrogen-bond donors (Lipinski definition) is 2. The van der Waals surface area contributed by atoms with Crippen LogP contribution in [0.2, 0.25) is 0 Å². The minimum absolute atomic E-state index is 0.0430. The first-order chi connectivity index (χ1) is 9.70. The maximum absolute atomic E-state index is 12.3. The third-order valence-corrected chi connectivity index (χ3v) is 3.66. The number of aliphatic hydroxyl groups excluding tert-OH is 1. The monoisotopic (exact) mass is 271 g/mol. The number of benzene rings is 1. The molecule has 2 unspecified atom stereocenters. The van der Waals surface area contributed by atoms with Gasteiger partial charge in [-0.1, -0.05) is 30.9 Å². The molecule has 2 N–H and O–H groups in total. The van der Waals surface area contributed by atoms with E-state index in [4.69, 9.17) is 5.11 Å². The highest BCUT2D eigenvalue weighted by atomic mass is 16.2. The number of carbonyl (C=O) groups excluding carboxylic acids is 1. The fourth-order valence-electron chi connectivity index (χ4n) is 2.61. The van der Waals surface area contributed by atoms with Gasteiger partial charge in [0.05, 0.1) is 12.2 Å². The highest BCUT2D eigenvalue weighted by molar-refractivity contribution is 5.96. The number of amides is 1. The molecule has 1 aliphatic carbocycles. The van der Waals surface area contributed by atoms with Gasteiger partial charge in [0, 0.05) is 18.0 Å². The zero-order valence-corrected chi connectivity index (χ0v) is 11.9. The third-order valence-electron chi connectivity index (χ3n) is 3.66. The van der Waals surface area contributed by atoms with E-state index >= 15 is 0 Å². The molecule has 0 spiro atoms. The van der Waals surface area contributed by atoms with E-state index in [0.717, 1.165) is 18.4 Å². The Morgan fingerprint density at radius 2 is 2.20 bits per heavy atom. The zero-order chi connectivity index (χ0) is 14.4. The summed E-state index contributed by atoms with van der Waals surface area (Å²) in [5, 5.41) is 11.9. The van der Waals surface area contributed by atoms with Gasteiger partial charge in [-0.3, -0.25) is 4.79 Å². The fourth-order valence-corrected chi connectivity index (χ4v) is 2.61. The van der Waals surface area contributed by atoms with Crippen LogP contribution in [0.15, 0.2) is 24.3 Å². The maximum atomic E-state index is 12.3. The second kappa shape index (κ2) is 7.12. The summed E-state index contributed by atoms with van der Waals surface area (Å²) < 4.78 is 0. The maximum Gasteiger partial charge on any atom is 0.252 e. The molecule has 20 heavy (non-hydrogen) atoms. The molecule has 2 rings (SSSR count). The van der Waals surface area contributed by atoms with E-state index in [1.54, 1.807) is 6.07 Å². The van der Waals surface area contributed by atoms with Crippen LogP contribution in [0.3, 0.4) is 0 Å². The first-order valence-electron chi connectivity index (χ1n) is 7.20. The summed E-state index contributed by atoms with van der Waals surface area (Å²) in [6.07, 6.45) is 3.73. The summed E-state index contributed by atoms with van der Waals surface area (Å²) >= 11 is 0. The van der Waals surface area contributed by atoms with E-state index in [0.29, 0.717) is 17.9 Å². The zero-order valence-electron chi connectivity index (χ0n) is 11.9. The van der Waals surface area contributed by atoms with Crippen molar-refractivity contribution in [2.75, 3.05) is 6.61 Å². The highest BCUT2D eigenvalue weighted by Gasteiger charge is 2.23. The van der Waals surface area contributed by atoms with Crippen molar-refractivity contribution in [3.8, 4) is 11.8 Å². The molecule has 1 fully saturated rings. The first-order valence-corrected chi connectivity index (χ1v) is 7.20. The van der Waals surface area contributed by atoms with Gasteiger partial charge in [0.25, 0.3) is 5.91 Å². The van der Waals surface area contributed by atoms with Crippen molar-refractivity contribution in [3.05, 3.63) is 35.4 Å². The summed E-state index contributed by atoms with van der Waals surface area (Å²) in [5.41, 5.74) is 1.35. The number of aliphatic hydroxyl groups is 1. The van der Waals surface area contributed by atoms with Gasteiger partial charge in [0.1, 0.15) is 0 Å². The van der Waals surface area contributed by atoms with Crippen molar-refractivity contribution in [3.63, 3.8) is 0 Å². The molecule has 1 saturated carbocycles. The van der Waals surface area contributed by atoms with Crippen LogP contribution in [-0.4, -0.2) is 23.7 Å². The SMILES string of the molecule is CC1CCC(NC(=O)c2ccccc2C#CCCO)C1. The number of rotatable bonds is 3. The van der Waals surface area contributed by atoms with Crippen molar-refractivity contribution in [1.29, 1.82) is 0 Å². The number of hydrogen-bond acceptors (Lipinski definition) is 2. The van der Waals surface area contributed by atoms with Crippen LogP contribution < -0.4 is 5.32 Å². The molecule has 1 amide bonds. The van der Waals surface area contributed by atoms with Crippen LogP contribution >= 0.6 is 0 Å². The van der Waals surface area contributed by atoms with Gasteiger partial charge in [-0.25, -0.2) is 0 Å². The van der Waals surface area contributed by atoms with Crippen molar-refractivity contribution in [2.24, 2.45) is 5.92 Å². The van der Waals surface area contributed by atoms with E-state index < -0.39 is 0 Å². The molecule has 1 aromatic carbocycles. The Morgan fingerprint density at radius 3 is 2.90 bits per heavy atom. The molecule has 0 radical (unpaired) electrons. The molecular formula is C17H21NO2.